The van der Waals surface area contributed by atoms with Gasteiger partial charge in [-0.05, 0) is 0 Å². The lowest BCUT2D eigenvalue weighted by molar-refractivity contribution is -0.118. The smallest absolute Gasteiger partial charge is 0.402 e. The molecule has 0 unspecified atom stereocenters. The van der Waals surface area contributed by atoms with Gasteiger partial charge in [0, 0.05) is 5.28 Å². The second-order valence-corrected chi connectivity index (χ2v) is 1.19. The summed E-state index contributed by atoms with van der Waals surface area (Å²) >= 11 is 0. The Kier molecular flexibility index (Phi) is 3.54. The molecule has 10 heavy (non-hydrogen) atoms. The Morgan fingerprint density at radius 2 is 2.30 bits per heavy atom. The minimum atomic E-state index is -1.33. The maximum Gasteiger partial charge on any atom is 0.402 e. The zero-order chi connectivity index (χ0) is 7.98. The van der Waals surface area contributed by atoms with Crippen LogP contribution >= 0.6 is 0 Å². The molecule has 0 fully saturated rings. The molecule has 0 aromatic heterocycles. The van der Waals surface area contributed by atoms with E-state index in [0.29, 0.717) is 0 Å². The summed E-state index contributed by atoms with van der Waals surface area (Å²) in [7, 11) is 0. The SMILES string of the molecule is NC(=O)O.O=C1CON=N1. The van der Waals surface area contributed by atoms with Gasteiger partial charge in [0.25, 0.3) is 0 Å². The number of hydrogen-bond donors (Lipinski definition) is 2. The third-order valence-corrected chi connectivity index (χ3v) is 0.398. The van der Waals surface area contributed by atoms with Crippen molar-refractivity contribution in [2.45, 2.75) is 0 Å². The van der Waals surface area contributed by atoms with Gasteiger partial charge < -0.3 is 15.7 Å². The zero-order valence-electron chi connectivity index (χ0n) is 4.85. The largest absolute Gasteiger partial charge is 0.465 e. The summed E-state index contributed by atoms with van der Waals surface area (Å²) in [5.41, 5.74) is 4.03. The van der Waals surface area contributed by atoms with Gasteiger partial charge in [0.15, 0.2) is 0 Å². The molecule has 1 aliphatic rings. The molecule has 1 heterocycles. The topological polar surface area (TPSA) is 114 Å². The number of carbonyl (C=O) groups is 2. The van der Waals surface area contributed by atoms with E-state index in [2.05, 4.69) is 21.0 Å². The molecule has 0 spiro atoms. The first-order chi connectivity index (χ1) is 4.63. The van der Waals surface area contributed by atoms with Crippen molar-refractivity contribution in [3.63, 3.8) is 0 Å². The first kappa shape index (κ1) is 8.34. The lowest BCUT2D eigenvalue weighted by Crippen LogP contribution is -2.03. The minimum Gasteiger partial charge on any atom is -0.465 e. The molecule has 1 aliphatic heterocycles. The van der Waals surface area contributed by atoms with Gasteiger partial charge in [0.05, 0.1) is 0 Å². The van der Waals surface area contributed by atoms with Crippen LogP contribution in [0.1, 0.15) is 0 Å². The third-order valence-electron chi connectivity index (χ3n) is 0.398. The van der Waals surface area contributed by atoms with E-state index in [1.54, 1.807) is 0 Å². The molecule has 0 atom stereocenters. The van der Waals surface area contributed by atoms with Gasteiger partial charge in [-0.3, -0.25) is 4.79 Å². The Labute approximate surface area is 55.4 Å². The van der Waals surface area contributed by atoms with Gasteiger partial charge in [-0.15, -0.1) is 0 Å². The standard InChI is InChI=1S/C2H2N2O2.CH3NO2/c5-2-1-6-4-3-2;2-1(3)4/h1H2;2H2,(H,3,4). The molecule has 0 aliphatic carbocycles. The normalized spacial score (nSPS) is 13.4. The number of primary amides is 1. The number of rotatable bonds is 0. The van der Waals surface area contributed by atoms with Crippen LogP contribution in [0.15, 0.2) is 10.4 Å². The quantitative estimate of drug-likeness (QED) is 0.482. The van der Waals surface area contributed by atoms with Gasteiger partial charge in [-0.25, -0.2) is 4.79 Å². The van der Waals surface area contributed by atoms with E-state index >= 15 is 0 Å². The van der Waals surface area contributed by atoms with Crippen LogP contribution in [-0.4, -0.2) is 23.7 Å². The molecule has 1 rings (SSSR count). The van der Waals surface area contributed by atoms with Gasteiger partial charge in [-0.1, -0.05) is 5.11 Å². The van der Waals surface area contributed by atoms with Crippen LogP contribution in [0.4, 0.5) is 4.79 Å². The molecule has 7 nitrogen and oxygen atoms in total. The number of amides is 2. The van der Waals surface area contributed by atoms with Gasteiger partial charge >= 0.3 is 12.0 Å². The van der Waals surface area contributed by atoms with Crippen molar-refractivity contribution >= 4 is 12.0 Å². The van der Waals surface area contributed by atoms with Crippen LogP contribution in [0.25, 0.3) is 0 Å². The molecule has 0 saturated carbocycles. The van der Waals surface area contributed by atoms with Gasteiger partial charge in [0.1, 0.15) is 0 Å². The summed E-state index contributed by atoms with van der Waals surface area (Å²) in [6, 6.07) is 0. The average molecular weight is 147 g/mol. The van der Waals surface area contributed by atoms with Gasteiger partial charge in [0.2, 0.25) is 6.61 Å². The number of nitrogens with two attached hydrogens (primary N) is 1. The second-order valence-electron chi connectivity index (χ2n) is 1.19. The highest BCUT2D eigenvalue weighted by Gasteiger charge is 2.03. The summed E-state index contributed by atoms with van der Waals surface area (Å²) < 4.78 is 0. The minimum absolute atomic E-state index is 0.0139. The maximum absolute atomic E-state index is 9.86. The Bertz CT molecular complexity index is 161. The van der Waals surface area contributed by atoms with Crippen LogP contribution in [0.2, 0.25) is 0 Å². The van der Waals surface area contributed by atoms with Crippen LogP contribution in [0.5, 0.6) is 0 Å². The maximum atomic E-state index is 9.86. The van der Waals surface area contributed by atoms with Crippen LogP contribution < -0.4 is 5.73 Å². The van der Waals surface area contributed by atoms with Crippen molar-refractivity contribution in [3.8, 4) is 0 Å². The van der Waals surface area contributed by atoms with E-state index in [9.17, 15) is 4.79 Å². The molecule has 2 amide bonds. The number of carbonyl (C=O) groups excluding carboxylic acids is 1. The Balaban J connectivity index is 0.000000180. The van der Waals surface area contributed by atoms with Crippen molar-refractivity contribution in [1.82, 2.24) is 0 Å². The lowest BCUT2D eigenvalue weighted by Gasteiger charge is -1.71. The van der Waals surface area contributed by atoms with E-state index in [0.717, 1.165) is 0 Å². The number of hydrogen-bond acceptors (Lipinski definition) is 4. The fourth-order valence-electron chi connectivity index (χ4n) is 0.187. The molecule has 3 N–H and O–H groups in total. The molecule has 0 saturated heterocycles. The van der Waals surface area contributed by atoms with Crippen molar-refractivity contribution in [1.29, 1.82) is 0 Å². The van der Waals surface area contributed by atoms with E-state index in [-0.39, 0.29) is 12.5 Å². The summed E-state index contributed by atoms with van der Waals surface area (Å²) in [4.78, 5) is 22.8. The average Bonchev–Trinajstić information content (AvgIpc) is 2.15. The van der Waals surface area contributed by atoms with Crippen LogP contribution in [0.3, 0.4) is 0 Å². The van der Waals surface area contributed by atoms with E-state index in [1.165, 1.54) is 0 Å². The van der Waals surface area contributed by atoms with Crippen molar-refractivity contribution in [2.75, 3.05) is 6.61 Å². The fourth-order valence-corrected chi connectivity index (χ4v) is 0.187. The molecule has 0 aromatic rings. The molecule has 0 radical (unpaired) electrons. The molecular formula is C3H5N3O4. The number of carboxylic acid groups (broad SMARTS) is 1. The lowest BCUT2D eigenvalue weighted by atomic mass is 10.7. The van der Waals surface area contributed by atoms with Crippen LogP contribution in [0, 0.1) is 0 Å². The first-order valence-electron chi connectivity index (χ1n) is 2.17. The third kappa shape index (κ3) is 6.34. The van der Waals surface area contributed by atoms with E-state index in [4.69, 9.17) is 9.90 Å². The predicted octanol–water partition coefficient (Wildman–Crippen LogP) is -0.467. The van der Waals surface area contributed by atoms with Crippen molar-refractivity contribution < 1.29 is 19.5 Å². The summed E-state index contributed by atoms with van der Waals surface area (Å²) in [6.45, 7) is 0.0139. The van der Waals surface area contributed by atoms with Gasteiger partial charge in [-0.2, -0.15) is 0 Å². The van der Waals surface area contributed by atoms with E-state index in [1.807, 2.05) is 0 Å². The first-order valence-corrected chi connectivity index (χ1v) is 2.17. The highest BCUT2D eigenvalue weighted by Crippen LogP contribution is 1.90. The van der Waals surface area contributed by atoms with Crippen LogP contribution in [-0.2, 0) is 9.63 Å². The Morgan fingerprint density at radius 1 is 1.80 bits per heavy atom. The Morgan fingerprint density at radius 3 is 2.40 bits per heavy atom. The zero-order valence-corrected chi connectivity index (χ0v) is 4.85. The molecule has 56 valence electrons. The molecule has 0 bridgehead atoms. The summed E-state index contributed by atoms with van der Waals surface area (Å²) in [6.07, 6.45) is -1.33. The second kappa shape index (κ2) is 4.24. The van der Waals surface area contributed by atoms with Crippen molar-refractivity contribution in [2.24, 2.45) is 16.1 Å². The highest BCUT2D eigenvalue weighted by molar-refractivity contribution is 5.78. The van der Waals surface area contributed by atoms with E-state index < -0.39 is 6.09 Å². The van der Waals surface area contributed by atoms with Crippen molar-refractivity contribution in [3.05, 3.63) is 0 Å². The fraction of sp³-hybridized carbons (Fsp3) is 0.333. The monoisotopic (exact) mass is 147 g/mol. The molecular weight excluding hydrogens is 142 g/mol. The number of nitrogens with zero attached hydrogens (tertiary/aromatic N) is 2. The molecule has 0 aromatic carbocycles. The summed E-state index contributed by atoms with van der Waals surface area (Å²) in [5.74, 6) is -0.310. The molecule has 7 heteroatoms. The predicted molar refractivity (Wildman–Crippen MR) is 28.0 cm³/mol. The highest BCUT2D eigenvalue weighted by atomic mass is 16.7. The Hall–Kier alpha value is -1.66. The summed E-state index contributed by atoms with van der Waals surface area (Å²) in [5, 5.41) is 13.1.